The summed E-state index contributed by atoms with van der Waals surface area (Å²) in [6.45, 7) is 7.76. The maximum Gasteiger partial charge on any atom is 0.136 e. The fourth-order valence-corrected chi connectivity index (χ4v) is 2.07. The van der Waals surface area contributed by atoms with Crippen molar-refractivity contribution >= 4 is 11.6 Å². The highest BCUT2D eigenvalue weighted by Crippen LogP contribution is 2.39. The van der Waals surface area contributed by atoms with E-state index in [0.29, 0.717) is 12.5 Å². The summed E-state index contributed by atoms with van der Waals surface area (Å²) in [5, 5.41) is 6.69. The van der Waals surface area contributed by atoms with E-state index in [0.717, 1.165) is 24.0 Å². The van der Waals surface area contributed by atoms with E-state index in [4.69, 9.17) is 4.74 Å². The maximum absolute atomic E-state index is 5.23. The minimum absolute atomic E-state index is 0.145. The van der Waals surface area contributed by atoms with Crippen LogP contribution in [-0.4, -0.2) is 35.8 Å². The zero-order valence-corrected chi connectivity index (χ0v) is 12.3. The Bertz CT molecular complexity index is 429. The fraction of sp³-hybridized carbons (Fsp3) is 0.714. The number of nitrogens with one attached hydrogen (secondary N) is 2. The summed E-state index contributed by atoms with van der Waals surface area (Å²) in [5.74, 6) is 3.27. The van der Waals surface area contributed by atoms with Gasteiger partial charge in [0.15, 0.2) is 0 Å². The monoisotopic (exact) mass is 264 g/mol. The van der Waals surface area contributed by atoms with Gasteiger partial charge in [0.2, 0.25) is 0 Å². The summed E-state index contributed by atoms with van der Waals surface area (Å²) in [6.07, 6.45) is 2.41. The predicted molar refractivity (Wildman–Crippen MR) is 77.7 cm³/mol. The van der Waals surface area contributed by atoms with Crippen LogP contribution in [0.25, 0.3) is 0 Å². The Morgan fingerprint density at radius 3 is 2.58 bits per heavy atom. The molecule has 1 aliphatic carbocycles. The van der Waals surface area contributed by atoms with Crippen LogP contribution in [0.1, 0.15) is 45.4 Å². The lowest BCUT2D eigenvalue weighted by molar-refractivity contribution is 0.158. The van der Waals surface area contributed by atoms with Crippen LogP contribution >= 0.6 is 0 Å². The Morgan fingerprint density at radius 1 is 1.32 bits per heavy atom. The lowest BCUT2D eigenvalue weighted by Crippen LogP contribution is -2.36. The summed E-state index contributed by atoms with van der Waals surface area (Å²) in [6, 6.07) is 1.97. The average molecular weight is 264 g/mol. The number of methoxy groups -OCH3 is 1. The van der Waals surface area contributed by atoms with Crippen molar-refractivity contribution in [2.24, 2.45) is 0 Å². The van der Waals surface area contributed by atoms with Crippen LogP contribution in [0.15, 0.2) is 6.07 Å². The third-order valence-electron chi connectivity index (χ3n) is 3.02. The minimum atomic E-state index is -0.145. The van der Waals surface area contributed by atoms with Crippen molar-refractivity contribution in [3.8, 4) is 0 Å². The van der Waals surface area contributed by atoms with Crippen LogP contribution in [-0.2, 0) is 4.74 Å². The second kappa shape index (κ2) is 5.74. The number of aromatic nitrogens is 2. The van der Waals surface area contributed by atoms with Crippen molar-refractivity contribution in [3.63, 3.8) is 0 Å². The molecule has 2 rings (SSSR count). The summed E-state index contributed by atoms with van der Waals surface area (Å²) in [4.78, 5) is 9.19. The standard InChI is InChI=1S/C14H24N4O/c1-5-15-11-8-12(18-14(2,3)9-19-4)17-13(16-11)10-6-7-10/h8,10H,5-7,9H2,1-4H3,(H2,15,16,17,18). The first-order valence-electron chi connectivity index (χ1n) is 6.94. The van der Waals surface area contributed by atoms with Crippen molar-refractivity contribution in [3.05, 3.63) is 11.9 Å². The van der Waals surface area contributed by atoms with Gasteiger partial charge in [-0.3, -0.25) is 0 Å². The van der Waals surface area contributed by atoms with E-state index in [1.165, 1.54) is 12.8 Å². The minimum Gasteiger partial charge on any atom is -0.382 e. The highest BCUT2D eigenvalue weighted by molar-refractivity contribution is 5.49. The highest BCUT2D eigenvalue weighted by Gasteiger charge is 2.28. The summed E-state index contributed by atoms with van der Waals surface area (Å²) in [5.41, 5.74) is -0.145. The second-order valence-electron chi connectivity index (χ2n) is 5.74. The lowest BCUT2D eigenvalue weighted by Gasteiger charge is -2.26. The van der Waals surface area contributed by atoms with E-state index in [9.17, 15) is 0 Å². The molecule has 106 valence electrons. The summed E-state index contributed by atoms with van der Waals surface area (Å²) >= 11 is 0. The first-order valence-corrected chi connectivity index (χ1v) is 6.94. The number of rotatable bonds is 7. The molecule has 1 aromatic rings. The van der Waals surface area contributed by atoms with Crippen LogP contribution in [0, 0.1) is 0 Å². The summed E-state index contributed by atoms with van der Waals surface area (Å²) < 4.78 is 5.23. The van der Waals surface area contributed by atoms with Gasteiger partial charge in [-0.1, -0.05) is 0 Å². The quantitative estimate of drug-likeness (QED) is 0.793. The number of anilines is 2. The van der Waals surface area contributed by atoms with Gasteiger partial charge in [-0.15, -0.1) is 0 Å². The largest absolute Gasteiger partial charge is 0.382 e. The molecule has 0 aliphatic heterocycles. The number of hydrogen-bond acceptors (Lipinski definition) is 5. The van der Waals surface area contributed by atoms with Crippen LogP contribution in [0.5, 0.6) is 0 Å². The van der Waals surface area contributed by atoms with E-state index in [2.05, 4.69) is 41.4 Å². The molecule has 2 N–H and O–H groups in total. The topological polar surface area (TPSA) is 59.1 Å². The van der Waals surface area contributed by atoms with Gasteiger partial charge >= 0.3 is 0 Å². The van der Waals surface area contributed by atoms with Gasteiger partial charge in [0.25, 0.3) is 0 Å². The molecule has 0 atom stereocenters. The Labute approximate surface area is 115 Å². The lowest BCUT2D eigenvalue weighted by atomic mass is 10.1. The van der Waals surface area contributed by atoms with Gasteiger partial charge in [-0.2, -0.15) is 0 Å². The van der Waals surface area contributed by atoms with E-state index < -0.39 is 0 Å². The molecule has 1 aliphatic rings. The molecule has 5 nitrogen and oxygen atoms in total. The second-order valence-corrected chi connectivity index (χ2v) is 5.74. The molecule has 5 heteroatoms. The van der Waals surface area contributed by atoms with E-state index >= 15 is 0 Å². The van der Waals surface area contributed by atoms with Crippen LogP contribution < -0.4 is 10.6 Å². The van der Waals surface area contributed by atoms with Crippen LogP contribution in [0.4, 0.5) is 11.6 Å². The molecule has 19 heavy (non-hydrogen) atoms. The molecule has 1 saturated carbocycles. The van der Waals surface area contributed by atoms with Crippen molar-refractivity contribution in [2.45, 2.75) is 45.1 Å². The SMILES string of the molecule is CCNc1cc(NC(C)(C)COC)nc(C2CC2)n1. The molecule has 1 aromatic heterocycles. The Balaban J connectivity index is 2.18. The first-order chi connectivity index (χ1) is 9.04. The molecule has 1 heterocycles. The summed E-state index contributed by atoms with van der Waals surface area (Å²) in [7, 11) is 1.71. The van der Waals surface area contributed by atoms with Gasteiger partial charge in [0.05, 0.1) is 12.1 Å². The third kappa shape index (κ3) is 4.06. The smallest absolute Gasteiger partial charge is 0.136 e. The molecule has 0 unspecified atom stereocenters. The molecular formula is C14H24N4O. The van der Waals surface area contributed by atoms with E-state index in [1.54, 1.807) is 7.11 Å². The van der Waals surface area contributed by atoms with Gasteiger partial charge in [0, 0.05) is 25.6 Å². The van der Waals surface area contributed by atoms with Gasteiger partial charge in [-0.25, -0.2) is 9.97 Å². The normalized spacial score (nSPS) is 15.4. The number of nitrogens with zero attached hydrogens (tertiary/aromatic N) is 2. The fourth-order valence-electron chi connectivity index (χ4n) is 2.07. The molecule has 0 radical (unpaired) electrons. The van der Waals surface area contributed by atoms with Gasteiger partial charge in [-0.05, 0) is 33.6 Å². The average Bonchev–Trinajstić information content (AvgIpc) is 3.11. The predicted octanol–water partition coefficient (Wildman–Crippen LogP) is 2.62. The van der Waals surface area contributed by atoms with E-state index in [1.807, 2.05) is 6.07 Å². The van der Waals surface area contributed by atoms with Crippen LogP contribution in [0.3, 0.4) is 0 Å². The molecule has 0 amide bonds. The molecule has 0 aromatic carbocycles. The molecule has 0 spiro atoms. The van der Waals surface area contributed by atoms with E-state index in [-0.39, 0.29) is 5.54 Å². The first kappa shape index (κ1) is 14.1. The van der Waals surface area contributed by atoms with Crippen molar-refractivity contribution in [2.75, 3.05) is 30.9 Å². The van der Waals surface area contributed by atoms with Gasteiger partial charge in [0.1, 0.15) is 17.5 Å². The van der Waals surface area contributed by atoms with Crippen molar-refractivity contribution in [1.29, 1.82) is 0 Å². The number of hydrogen-bond donors (Lipinski definition) is 2. The molecule has 1 fully saturated rings. The highest BCUT2D eigenvalue weighted by atomic mass is 16.5. The van der Waals surface area contributed by atoms with Crippen LogP contribution in [0.2, 0.25) is 0 Å². The Morgan fingerprint density at radius 2 is 2.00 bits per heavy atom. The Kier molecular flexibility index (Phi) is 4.24. The van der Waals surface area contributed by atoms with Crippen molar-refractivity contribution < 1.29 is 4.74 Å². The van der Waals surface area contributed by atoms with Crippen molar-refractivity contribution in [1.82, 2.24) is 9.97 Å². The number of ether oxygens (including phenoxy) is 1. The zero-order valence-electron chi connectivity index (χ0n) is 12.3. The van der Waals surface area contributed by atoms with Gasteiger partial charge < -0.3 is 15.4 Å². The molecule has 0 saturated heterocycles. The zero-order chi connectivity index (χ0) is 13.9. The third-order valence-corrected chi connectivity index (χ3v) is 3.02. The molecular weight excluding hydrogens is 240 g/mol. The Hall–Kier alpha value is -1.36. The maximum atomic E-state index is 5.23. The molecule has 0 bridgehead atoms.